The van der Waals surface area contributed by atoms with Crippen LogP contribution in [0.2, 0.25) is 0 Å². The maximum absolute atomic E-state index is 13.0. The number of amides is 3. The van der Waals surface area contributed by atoms with Crippen molar-refractivity contribution in [1.29, 1.82) is 0 Å². The zero-order valence-electron chi connectivity index (χ0n) is 17.9. The van der Waals surface area contributed by atoms with Gasteiger partial charge in [-0.15, -0.1) is 0 Å². The SMILES string of the molecule is NCC(=O)NC(CCC(=O)O)C(=O)N1CCCC1C(=O)NC(Cc1ccc(O)cc1)C(=O)O. The van der Waals surface area contributed by atoms with Crippen LogP contribution >= 0.6 is 0 Å². The number of phenols is 1. The first-order valence-corrected chi connectivity index (χ1v) is 10.4. The van der Waals surface area contributed by atoms with Crippen LogP contribution in [0.3, 0.4) is 0 Å². The minimum absolute atomic E-state index is 0.0222. The lowest BCUT2D eigenvalue weighted by atomic mass is 10.0. The molecule has 33 heavy (non-hydrogen) atoms. The van der Waals surface area contributed by atoms with Gasteiger partial charge in [0.1, 0.15) is 23.9 Å². The summed E-state index contributed by atoms with van der Waals surface area (Å²) in [5.74, 6) is -4.31. The second kappa shape index (κ2) is 11.8. The third-order valence-electron chi connectivity index (χ3n) is 5.29. The molecule has 3 atom stereocenters. The lowest BCUT2D eigenvalue weighted by molar-refractivity contribution is -0.145. The summed E-state index contributed by atoms with van der Waals surface area (Å²) in [7, 11) is 0. The third kappa shape index (κ3) is 7.45. The fraction of sp³-hybridized carbons (Fsp3) is 0.476. The molecule has 1 aromatic rings. The van der Waals surface area contributed by atoms with Crippen LogP contribution < -0.4 is 16.4 Å². The number of carbonyl (C=O) groups is 5. The van der Waals surface area contributed by atoms with Gasteiger partial charge in [-0.25, -0.2) is 4.79 Å². The van der Waals surface area contributed by atoms with Crippen molar-refractivity contribution in [1.82, 2.24) is 15.5 Å². The van der Waals surface area contributed by atoms with Crippen molar-refractivity contribution in [2.24, 2.45) is 5.73 Å². The van der Waals surface area contributed by atoms with E-state index in [1.807, 2.05) is 0 Å². The molecule has 7 N–H and O–H groups in total. The van der Waals surface area contributed by atoms with E-state index in [0.29, 0.717) is 18.4 Å². The maximum atomic E-state index is 13.0. The van der Waals surface area contributed by atoms with E-state index in [0.717, 1.165) is 0 Å². The Morgan fingerprint density at radius 3 is 2.30 bits per heavy atom. The lowest BCUT2D eigenvalue weighted by Gasteiger charge is -2.29. The minimum atomic E-state index is -1.26. The molecule has 0 aromatic heterocycles. The number of benzene rings is 1. The summed E-state index contributed by atoms with van der Waals surface area (Å²) in [6.45, 7) is -0.187. The van der Waals surface area contributed by atoms with E-state index < -0.39 is 54.3 Å². The number of phenolic OH excluding ortho intramolecular Hbond substituents is 1. The summed E-state index contributed by atoms with van der Waals surface area (Å²) < 4.78 is 0. The highest BCUT2D eigenvalue weighted by Crippen LogP contribution is 2.20. The summed E-state index contributed by atoms with van der Waals surface area (Å²) in [5.41, 5.74) is 5.85. The largest absolute Gasteiger partial charge is 0.508 e. The molecular weight excluding hydrogens is 436 g/mol. The molecule has 3 amide bonds. The molecule has 3 unspecified atom stereocenters. The molecule has 180 valence electrons. The molecule has 12 heteroatoms. The molecule has 0 bridgehead atoms. The number of carbonyl (C=O) groups excluding carboxylic acids is 3. The Morgan fingerprint density at radius 1 is 1.06 bits per heavy atom. The molecule has 1 aliphatic heterocycles. The minimum Gasteiger partial charge on any atom is -0.508 e. The van der Waals surface area contributed by atoms with Gasteiger partial charge in [-0.2, -0.15) is 0 Å². The molecule has 1 fully saturated rings. The molecule has 0 aliphatic carbocycles. The van der Waals surface area contributed by atoms with E-state index >= 15 is 0 Å². The zero-order chi connectivity index (χ0) is 24.5. The van der Waals surface area contributed by atoms with Crippen molar-refractivity contribution in [3.63, 3.8) is 0 Å². The van der Waals surface area contributed by atoms with Crippen LogP contribution in [0.15, 0.2) is 24.3 Å². The predicted molar refractivity (Wildman–Crippen MR) is 114 cm³/mol. The van der Waals surface area contributed by atoms with Crippen LogP contribution in [0.25, 0.3) is 0 Å². The van der Waals surface area contributed by atoms with E-state index in [9.17, 15) is 34.2 Å². The number of likely N-dealkylation sites (tertiary alicyclic amines) is 1. The summed E-state index contributed by atoms with van der Waals surface area (Å²) in [4.78, 5) is 61.5. The Hall–Kier alpha value is -3.67. The fourth-order valence-corrected chi connectivity index (χ4v) is 3.62. The van der Waals surface area contributed by atoms with Crippen molar-refractivity contribution in [3.8, 4) is 5.75 Å². The third-order valence-corrected chi connectivity index (χ3v) is 5.29. The summed E-state index contributed by atoms with van der Waals surface area (Å²) in [6.07, 6.45) is 0.189. The van der Waals surface area contributed by atoms with Crippen LogP contribution in [0.4, 0.5) is 0 Å². The Bertz CT molecular complexity index is 889. The predicted octanol–water partition coefficient (Wildman–Crippen LogP) is -1.20. The first-order chi connectivity index (χ1) is 15.6. The van der Waals surface area contributed by atoms with E-state index in [1.54, 1.807) is 0 Å². The van der Waals surface area contributed by atoms with Crippen molar-refractivity contribution < 1.29 is 39.3 Å². The van der Waals surface area contributed by atoms with E-state index in [4.69, 9.17) is 10.8 Å². The van der Waals surface area contributed by atoms with Gasteiger partial charge in [-0.3, -0.25) is 19.2 Å². The van der Waals surface area contributed by atoms with Crippen molar-refractivity contribution >= 4 is 29.7 Å². The second-order valence-corrected chi connectivity index (χ2v) is 7.72. The highest BCUT2D eigenvalue weighted by atomic mass is 16.4. The first-order valence-electron chi connectivity index (χ1n) is 10.4. The maximum Gasteiger partial charge on any atom is 0.326 e. The smallest absolute Gasteiger partial charge is 0.326 e. The number of aromatic hydroxyl groups is 1. The number of nitrogens with two attached hydrogens (primary N) is 1. The van der Waals surface area contributed by atoms with Crippen LogP contribution in [0.1, 0.15) is 31.2 Å². The number of carboxylic acids is 2. The molecule has 2 rings (SSSR count). The van der Waals surface area contributed by atoms with Gasteiger partial charge in [0.05, 0.1) is 6.54 Å². The van der Waals surface area contributed by atoms with Gasteiger partial charge < -0.3 is 36.6 Å². The molecule has 12 nitrogen and oxygen atoms in total. The molecule has 1 heterocycles. The van der Waals surface area contributed by atoms with Crippen LogP contribution in [0, 0.1) is 0 Å². The Morgan fingerprint density at radius 2 is 1.73 bits per heavy atom. The fourth-order valence-electron chi connectivity index (χ4n) is 3.62. The number of hydrogen-bond acceptors (Lipinski definition) is 7. The summed E-state index contributed by atoms with van der Waals surface area (Å²) in [6, 6.07) is 2.49. The average molecular weight is 464 g/mol. The Kier molecular flexibility index (Phi) is 9.16. The number of hydrogen-bond donors (Lipinski definition) is 6. The molecule has 1 saturated heterocycles. The van der Waals surface area contributed by atoms with E-state index in [-0.39, 0.29) is 31.6 Å². The number of nitrogens with one attached hydrogen (secondary N) is 2. The molecule has 1 aliphatic rings. The molecule has 0 saturated carbocycles. The van der Waals surface area contributed by atoms with Gasteiger partial charge in [0, 0.05) is 19.4 Å². The van der Waals surface area contributed by atoms with Gasteiger partial charge in [-0.05, 0) is 37.0 Å². The molecular formula is C21H28N4O8. The number of rotatable bonds is 11. The van der Waals surface area contributed by atoms with Crippen molar-refractivity contribution in [3.05, 3.63) is 29.8 Å². The van der Waals surface area contributed by atoms with Crippen LogP contribution in [0.5, 0.6) is 5.75 Å². The summed E-state index contributed by atoms with van der Waals surface area (Å²) >= 11 is 0. The number of aliphatic carboxylic acids is 2. The van der Waals surface area contributed by atoms with Gasteiger partial charge in [-0.1, -0.05) is 12.1 Å². The quantitative estimate of drug-likeness (QED) is 0.233. The zero-order valence-corrected chi connectivity index (χ0v) is 17.9. The van der Waals surface area contributed by atoms with Gasteiger partial charge in [0.2, 0.25) is 17.7 Å². The van der Waals surface area contributed by atoms with Crippen LogP contribution in [-0.2, 0) is 30.4 Å². The summed E-state index contributed by atoms with van der Waals surface area (Å²) in [5, 5.41) is 32.7. The molecule has 1 aromatic carbocycles. The number of nitrogens with zero attached hydrogens (tertiary/aromatic N) is 1. The number of carboxylic acid groups (broad SMARTS) is 2. The Balaban J connectivity index is 2.11. The highest BCUT2D eigenvalue weighted by molar-refractivity contribution is 5.94. The van der Waals surface area contributed by atoms with Gasteiger partial charge in [0.15, 0.2) is 0 Å². The van der Waals surface area contributed by atoms with Gasteiger partial charge >= 0.3 is 11.9 Å². The standard InChI is InChI=1S/C21H28N4O8/c22-11-17(27)23-14(7-8-18(28)29)20(31)25-9-1-2-16(25)19(30)24-15(21(32)33)10-12-3-5-13(26)6-4-12/h3-6,14-16,26H,1-2,7-11,22H2,(H,23,27)(H,24,30)(H,28,29)(H,32,33). The van der Waals surface area contributed by atoms with Gasteiger partial charge in [0.25, 0.3) is 0 Å². The second-order valence-electron chi connectivity index (χ2n) is 7.72. The lowest BCUT2D eigenvalue weighted by Crippen LogP contribution is -2.56. The topological polar surface area (TPSA) is 199 Å². The van der Waals surface area contributed by atoms with Crippen LogP contribution in [-0.4, -0.2) is 81.1 Å². The van der Waals surface area contributed by atoms with Crippen molar-refractivity contribution in [2.75, 3.05) is 13.1 Å². The normalized spacial score (nSPS) is 17.1. The van der Waals surface area contributed by atoms with Crippen molar-refractivity contribution in [2.45, 2.75) is 50.2 Å². The van der Waals surface area contributed by atoms with E-state index in [2.05, 4.69) is 10.6 Å². The highest BCUT2D eigenvalue weighted by Gasteiger charge is 2.38. The average Bonchev–Trinajstić information content (AvgIpc) is 3.26. The Labute approximate surface area is 189 Å². The molecule has 0 spiro atoms. The monoisotopic (exact) mass is 464 g/mol. The molecule has 0 radical (unpaired) electrons. The first kappa shape index (κ1) is 25.6. The van der Waals surface area contributed by atoms with E-state index in [1.165, 1.54) is 29.2 Å².